The first-order valence-electron chi connectivity index (χ1n) is 6.25. The van der Waals surface area contributed by atoms with E-state index >= 15 is 0 Å². The lowest BCUT2D eigenvalue weighted by Gasteiger charge is -2.24. The van der Waals surface area contributed by atoms with Crippen molar-refractivity contribution < 1.29 is 9.53 Å². The molecule has 0 spiro atoms. The van der Waals surface area contributed by atoms with Crippen molar-refractivity contribution in [3.63, 3.8) is 0 Å². The number of carbonyl (C=O) groups is 1. The van der Waals surface area contributed by atoms with E-state index in [9.17, 15) is 4.79 Å². The molecule has 5 heteroatoms. The molecule has 0 unspecified atom stereocenters. The number of rotatable bonds is 6. The number of thioether (sulfide) groups is 1. The lowest BCUT2D eigenvalue weighted by Crippen LogP contribution is -2.43. The third kappa shape index (κ3) is 5.03. The van der Waals surface area contributed by atoms with Gasteiger partial charge in [-0.2, -0.15) is 0 Å². The number of nitrogen functional groups attached to an aromatic ring is 1. The maximum atomic E-state index is 11.9. The highest BCUT2D eigenvalue weighted by molar-refractivity contribution is 8.00. The lowest BCUT2D eigenvalue weighted by molar-refractivity contribution is -0.120. The molecule has 0 aliphatic rings. The molecule has 4 nitrogen and oxygen atoms in total. The van der Waals surface area contributed by atoms with Crippen LogP contribution in [-0.2, 0) is 4.79 Å². The van der Waals surface area contributed by atoms with Crippen LogP contribution in [0.3, 0.4) is 0 Å². The number of benzene rings is 1. The van der Waals surface area contributed by atoms with Crippen LogP contribution in [0.2, 0.25) is 0 Å². The molecule has 0 aromatic heterocycles. The molecule has 106 valence electrons. The van der Waals surface area contributed by atoms with Gasteiger partial charge < -0.3 is 15.8 Å². The van der Waals surface area contributed by atoms with Crippen LogP contribution in [0, 0.1) is 0 Å². The Hall–Kier alpha value is -1.36. The van der Waals surface area contributed by atoms with E-state index in [1.54, 1.807) is 19.2 Å². The predicted molar refractivity (Wildman–Crippen MR) is 80.6 cm³/mol. The monoisotopic (exact) mass is 282 g/mol. The molecule has 1 amide bonds. The Labute approximate surface area is 119 Å². The van der Waals surface area contributed by atoms with Crippen molar-refractivity contribution in [1.82, 2.24) is 5.32 Å². The summed E-state index contributed by atoms with van der Waals surface area (Å²) in [4.78, 5) is 12.8. The lowest BCUT2D eigenvalue weighted by atomic mass is 10.0. The van der Waals surface area contributed by atoms with Gasteiger partial charge in [0.2, 0.25) is 5.91 Å². The molecule has 0 fully saturated rings. The van der Waals surface area contributed by atoms with Crippen molar-refractivity contribution in [1.29, 1.82) is 0 Å². The molecule has 0 saturated heterocycles. The Balaban J connectivity index is 2.60. The first-order chi connectivity index (χ1) is 8.88. The highest BCUT2D eigenvalue weighted by Crippen LogP contribution is 2.30. The summed E-state index contributed by atoms with van der Waals surface area (Å²) >= 11 is 1.45. The Morgan fingerprint density at radius 2 is 2.16 bits per heavy atom. The fourth-order valence-electron chi connectivity index (χ4n) is 1.45. The SMILES string of the molecule is CCC(C)(C)NC(=O)CSc1ccc(N)cc1OC. The van der Waals surface area contributed by atoms with Gasteiger partial charge in [-0.1, -0.05) is 6.92 Å². The summed E-state index contributed by atoms with van der Waals surface area (Å²) in [6.07, 6.45) is 0.897. The molecule has 0 saturated carbocycles. The first-order valence-corrected chi connectivity index (χ1v) is 7.24. The van der Waals surface area contributed by atoms with Crippen LogP contribution < -0.4 is 15.8 Å². The maximum Gasteiger partial charge on any atom is 0.230 e. The van der Waals surface area contributed by atoms with Gasteiger partial charge in [-0.3, -0.25) is 4.79 Å². The number of hydrogen-bond acceptors (Lipinski definition) is 4. The average Bonchev–Trinajstić information content (AvgIpc) is 2.36. The predicted octanol–water partition coefficient (Wildman–Crippen LogP) is 2.67. The van der Waals surface area contributed by atoms with Gasteiger partial charge in [-0.05, 0) is 32.4 Å². The molecule has 1 rings (SSSR count). The molecular weight excluding hydrogens is 260 g/mol. The largest absolute Gasteiger partial charge is 0.496 e. The molecule has 0 atom stereocenters. The van der Waals surface area contributed by atoms with E-state index in [2.05, 4.69) is 12.2 Å². The quantitative estimate of drug-likeness (QED) is 0.622. The summed E-state index contributed by atoms with van der Waals surface area (Å²) in [5, 5.41) is 3.00. The van der Waals surface area contributed by atoms with Crippen LogP contribution in [-0.4, -0.2) is 24.3 Å². The van der Waals surface area contributed by atoms with E-state index in [0.29, 0.717) is 17.2 Å². The topological polar surface area (TPSA) is 64.4 Å². The highest BCUT2D eigenvalue weighted by atomic mass is 32.2. The zero-order valence-electron chi connectivity index (χ0n) is 11.9. The third-order valence-electron chi connectivity index (χ3n) is 2.91. The Morgan fingerprint density at radius 3 is 2.74 bits per heavy atom. The van der Waals surface area contributed by atoms with Gasteiger partial charge >= 0.3 is 0 Å². The summed E-state index contributed by atoms with van der Waals surface area (Å²) in [5.74, 6) is 1.09. The van der Waals surface area contributed by atoms with Crippen molar-refractivity contribution in [2.24, 2.45) is 0 Å². The molecule has 3 N–H and O–H groups in total. The maximum absolute atomic E-state index is 11.9. The molecule has 0 heterocycles. The molecule has 0 radical (unpaired) electrons. The molecule has 1 aromatic rings. The minimum absolute atomic E-state index is 0.0238. The van der Waals surface area contributed by atoms with Crippen LogP contribution in [0.4, 0.5) is 5.69 Å². The van der Waals surface area contributed by atoms with Crippen LogP contribution >= 0.6 is 11.8 Å². The van der Waals surface area contributed by atoms with E-state index < -0.39 is 0 Å². The van der Waals surface area contributed by atoms with E-state index in [0.717, 1.165) is 11.3 Å². The zero-order valence-corrected chi connectivity index (χ0v) is 12.8. The zero-order chi connectivity index (χ0) is 14.5. The smallest absolute Gasteiger partial charge is 0.230 e. The highest BCUT2D eigenvalue weighted by Gasteiger charge is 2.18. The Kier molecular flexibility index (Phi) is 5.54. The number of nitrogens with two attached hydrogens (primary N) is 1. The van der Waals surface area contributed by atoms with Crippen molar-refractivity contribution in [2.45, 2.75) is 37.6 Å². The van der Waals surface area contributed by atoms with Gasteiger partial charge in [-0.15, -0.1) is 11.8 Å². The summed E-state index contributed by atoms with van der Waals surface area (Å²) < 4.78 is 5.25. The Morgan fingerprint density at radius 1 is 1.47 bits per heavy atom. The standard InChI is InChI=1S/C14H22N2O2S/c1-5-14(2,3)16-13(17)9-19-12-7-6-10(15)8-11(12)18-4/h6-8H,5,9,15H2,1-4H3,(H,16,17). The fourth-order valence-corrected chi connectivity index (χ4v) is 2.26. The summed E-state index contributed by atoms with van der Waals surface area (Å²) in [5.41, 5.74) is 6.18. The van der Waals surface area contributed by atoms with Gasteiger partial charge in [0.25, 0.3) is 0 Å². The minimum Gasteiger partial charge on any atom is -0.496 e. The van der Waals surface area contributed by atoms with Crippen molar-refractivity contribution >= 4 is 23.4 Å². The molecule has 0 bridgehead atoms. The number of amides is 1. The van der Waals surface area contributed by atoms with Gasteiger partial charge in [0, 0.05) is 22.2 Å². The third-order valence-corrected chi connectivity index (χ3v) is 3.96. The van der Waals surface area contributed by atoms with Crippen molar-refractivity contribution in [3.05, 3.63) is 18.2 Å². The number of hydrogen-bond donors (Lipinski definition) is 2. The average molecular weight is 282 g/mol. The molecule has 19 heavy (non-hydrogen) atoms. The van der Waals surface area contributed by atoms with Crippen molar-refractivity contribution in [2.75, 3.05) is 18.6 Å². The number of ether oxygens (including phenoxy) is 1. The first kappa shape index (κ1) is 15.7. The van der Waals surface area contributed by atoms with Gasteiger partial charge in [0.15, 0.2) is 0 Å². The van der Waals surface area contributed by atoms with Crippen molar-refractivity contribution in [3.8, 4) is 5.75 Å². The van der Waals surface area contributed by atoms with E-state index in [1.165, 1.54) is 11.8 Å². The molecule has 1 aromatic carbocycles. The fraction of sp³-hybridized carbons (Fsp3) is 0.500. The minimum atomic E-state index is -0.164. The second-order valence-electron chi connectivity index (χ2n) is 4.98. The number of methoxy groups -OCH3 is 1. The number of anilines is 1. The molecule has 0 aliphatic carbocycles. The van der Waals surface area contributed by atoms with Crippen LogP contribution in [0.15, 0.2) is 23.1 Å². The number of carbonyl (C=O) groups excluding carboxylic acids is 1. The van der Waals surface area contributed by atoms with E-state index in [1.807, 2.05) is 19.9 Å². The van der Waals surface area contributed by atoms with Crippen LogP contribution in [0.1, 0.15) is 27.2 Å². The molecular formula is C14H22N2O2S. The summed E-state index contributed by atoms with van der Waals surface area (Å²) in [7, 11) is 1.60. The molecule has 0 aliphatic heterocycles. The number of nitrogens with one attached hydrogen (secondary N) is 1. The summed E-state index contributed by atoms with van der Waals surface area (Å²) in [6.45, 7) is 6.08. The normalized spacial score (nSPS) is 11.2. The second-order valence-corrected chi connectivity index (χ2v) is 6.00. The summed E-state index contributed by atoms with van der Waals surface area (Å²) in [6, 6.07) is 5.44. The Bertz CT molecular complexity index is 447. The van der Waals surface area contributed by atoms with Gasteiger partial charge in [0.05, 0.1) is 12.9 Å². The van der Waals surface area contributed by atoms with Crippen LogP contribution in [0.5, 0.6) is 5.75 Å². The van der Waals surface area contributed by atoms with Gasteiger partial charge in [-0.25, -0.2) is 0 Å². The van der Waals surface area contributed by atoms with E-state index in [-0.39, 0.29) is 11.4 Å². The van der Waals surface area contributed by atoms with Gasteiger partial charge in [0.1, 0.15) is 5.75 Å². The van der Waals surface area contributed by atoms with E-state index in [4.69, 9.17) is 10.5 Å². The van der Waals surface area contributed by atoms with Crippen LogP contribution in [0.25, 0.3) is 0 Å². The second kappa shape index (κ2) is 6.70.